The molecule has 0 bridgehead atoms. The van der Waals surface area contributed by atoms with E-state index in [-0.39, 0.29) is 16.8 Å². The van der Waals surface area contributed by atoms with Crippen LogP contribution in [-0.4, -0.2) is 5.97 Å². The topological polar surface area (TPSA) is 26.3 Å². The molecule has 0 spiro atoms. The Balaban J connectivity index is 1.57. The number of carbonyl (C=O) groups excluding carboxylic acids is 1. The van der Waals surface area contributed by atoms with Crippen LogP contribution in [0.4, 0.5) is 0 Å². The zero-order valence-corrected chi connectivity index (χ0v) is 18.5. The van der Waals surface area contributed by atoms with Crippen molar-refractivity contribution < 1.29 is 9.53 Å². The van der Waals surface area contributed by atoms with Crippen molar-refractivity contribution in [3.8, 4) is 0 Å². The summed E-state index contributed by atoms with van der Waals surface area (Å²) in [6.07, 6.45) is 11.7. The van der Waals surface area contributed by atoms with Crippen LogP contribution < -0.4 is 0 Å². The Bertz CT molecular complexity index is 818. The lowest BCUT2D eigenvalue weighted by atomic mass is 9.47. The van der Waals surface area contributed by atoms with Crippen LogP contribution in [0.5, 0.6) is 0 Å². The molecule has 4 rings (SSSR count). The smallest absolute Gasteiger partial charge is 0.312 e. The first kappa shape index (κ1) is 20.4. The van der Waals surface area contributed by atoms with E-state index in [2.05, 4.69) is 39.8 Å². The van der Waals surface area contributed by atoms with Crippen LogP contribution in [0.25, 0.3) is 0 Å². The summed E-state index contributed by atoms with van der Waals surface area (Å²) in [6.45, 7) is 9.63. The highest BCUT2D eigenvalue weighted by molar-refractivity contribution is 5.77. The second-order valence-corrected chi connectivity index (χ2v) is 10.3. The third kappa shape index (κ3) is 3.60. The lowest BCUT2D eigenvalue weighted by molar-refractivity contribution is -0.170. The highest BCUT2D eigenvalue weighted by Crippen LogP contribution is 2.62. The Morgan fingerprint density at radius 2 is 1.93 bits per heavy atom. The molecule has 0 saturated heterocycles. The van der Waals surface area contributed by atoms with E-state index in [0.29, 0.717) is 24.4 Å². The minimum Gasteiger partial charge on any atom is -0.460 e. The van der Waals surface area contributed by atoms with Crippen LogP contribution >= 0.6 is 0 Å². The molecule has 0 N–H and O–H groups in total. The molecule has 0 radical (unpaired) electrons. The van der Waals surface area contributed by atoms with Gasteiger partial charge in [-0.3, -0.25) is 4.79 Å². The molecule has 0 unspecified atom stereocenters. The number of hydrogen-bond donors (Lipinski definition) is 0. The molecule has 0 amide bonds. The van der Waals surface area contributed by atoms with Gasteiger partial charge in [-0.15, -0.1) is 0 Å². The number of hydrogen-bond acceptors (Lipinski definition) is 2. The first-order valence-corrected chi connectivity index (χ1v) is 11.5. The summed E-state index contributed by atoms with van der Waals surface area (Å²) in [4.78, 5) is 13.3. The van der Waals surface area contributed by atoms with Gasteiger partial charge in [-0.05, 0) is 73.3 Å². The summed E-state index contributed by atoms with van der Waals surface area (Å²) in [7, 11) is 0. The summed E-state index contributed by atoms with van der Waals surface area (Å²) in [6, 6.07) is 10.0. The van der Waals surface area contributed by atoms with Gasteiger partial charge >= 0.3 is 5.97 Å². The molecule has 3 aliphatic rings. The number of allylic oxidation sites excluding steroid dienone is 4. The van der Waals surface area contributed by atoms with Crippen molar-refractivity contribution in [2.45, 2.75) is 72.8 Å². The molecule has 0 heterocycles. The Morgan fingerprint density at radius 1 is 1.17 bits per heavy atom. The molecule has 29 heavy (non-hydrogen) atoms. The molecule has 1 saturated carbocycles. The SMILES string of the molecule is CC(C)C1=CC2=CC[C@@H]3[C@](C)(CCC[C@@]3(C)C(=O)OCc3ccccc3)[C@H]2CC1. The summed E-state index contributed by atoms with van der Waals surface area (Å²) in [5.41, 5.74) is 4.01. The van der Waals surface area contributed by atoms with Crippen molar-refractivity contribution in [2.75, 3.05) is 0 Å². The molecular weight excluding hydrogens is 356 g/mol. The zero-order chi connectivity index (χ0) is 20.6. The first-order chi connectivity index (χ1) is 13.8. The van der Waals surface area contributed by atoms with Crippen LogP contribution in [0.15, 0.2) is 53.6 Å². The minimum atomic E-state index is -0.383. The van der Waals surface area contributed by atoms with Crippen LogP contribution in [0.1, 0.15) is 71.8 Å². The third-order valence-electron chi connectivity index (χ3n) is 8.26. The summed E-state index contributed by atoms with van der Waals surface area (Å²) in [5.74, 6) is 1.59. The molecular formula is C27H36O2. The van der Waals surface area contributed by atoms with Gasteiger partial charge in [0.2, 0.25) is 0 Å². The van der Waals surface area contributed by atoms with Gasteiger partial charge < -0.3 is 4.74 Å². The van der Waals surface area contributed by atoms with E-state index in [1.54, 1.807) is 11.1 Å². The number of rotatable bonds is 4. The lowest BCUT2D eigenvalue weighted by Gasteiger charge is -2.57. The number of ether oxygens (including phenoxy) is 1. The average molecular weight is 393 g/mol. The van der Waals surface area contributed by atoms with Crippen LogP contribution in [0.3, 0.4) is 0 Å². The highest BCUT2D eigenvalue weighted by Gasteiger charge is 2.57. The Morgan fingerprint density at radius 3 is 2.66 bits per heavy atom. The van der Waals surface area contributed by atoms with Crippen molar-refractivity contribution in [1.29, 1.82) is 0 Å². The van der Waals surface area contributed by atoms with E-state index in [1.165, 1.54) is 19.3 Å². The molecule has 1 aromatic carbocycles. The normalized spacial score (nSPS) is 34.0. The van der Waals surface area contributed by atoms with Crippen molar-refractivity contribution in [2.24, 2.45) is 28.6 Å². The average Bonchev–Trinajstić information content (AvgIpc) is 2.72. The van der Waals surface area contributed by atoms with Crippen molar-refractivity contribution in [3.63, 3.8) is 0 Å². The van der Waals surface area contributed by atoms with E-state index < -0.39 is 0 Å². The van der Waals surface area contributed by atoms with Gasteiger partial charge in [0.25, 0.3) is 0 Å². The Hall–Kier alpha value is -1.83. The molecule has 0 aromatic heterocycles. The number of carbonyl (C=O) groups is 1. The predicted molar refractivity (Wildman–Crippen MR) is 118 cm³/mol. The van der Waals surface area contributed by atoms with Gasteiger partial charge in [0.05, 0.1) is 5.41 Å². The molecule has 1 aromatic rings. The molecule has 3 aliphatic carbocycles. The van der Waals surface area contributed by atoms with Gasteiger partial charge in [0, 0.05) is 0 Å². The second-order valence-electron chi connectivity index (χ2n) is 10.3. The third-order valence-corrected chi connectivity index (χ3v) is 8.26. The summed E-state index contributed by atoms with van der Waals surface area (Å²) in [5, 5.41) is 0. The number of benzene rings is 1. The molecule has 4 atom stereocenters. The van der Waals surface area contributed by atoms with Gasteiger partial charge in [-0.1, -0.05) is 75.2 Å². The van der Waals surface area contributed by atoms with Gasteiger partial charge in [0.15, 0.2) is 0 Å². The monoisotopic (exact) mass is 392 g/mol. The second kappa shape index (κ2) is 7.78. The standard InChI is InChI=1S/C27H36O2/c1-19(2)21-11-13-23-22(17-21)12-14-24-26(23,3)15-8-16-27(24,4)25(28)29-18-20-9-6-5-7-10-20/h5-7,9-10,12,17,19,23-24H,8,11,13-16,18H2,1-4H3/t23-,24+,26+,27+/m0/s1. The van der Waals surface area contributed by atoms with Crippen LogP contribution in [0.2, 0.25) is 0 Å². The summed E-state index contributed by atoms with van der Waals surface area (Å²) < 4.78 is 5.88. The molecule has 2 heteroatoms. The maximum Gasteiger partial charge on any atom is 0.312 e. The van der Waals surface area contributed by atoms with Gasteiger partial charge in [-0.25, -0.2) is 0 Å². The lowest BCUT2D eigenvalue weighted by Crippen LogP contribution is -2.53. The van der Waals surface area contributed by atoms with Crippen molar-refractivity contribution >= 4 is 5.97 Å². The fourth-order valence-corrected chi connectivity index (χ4v) is 6.48. The van der Waals surface area contributed by atoms with Crippen LogP contribution in [-0.2, 0) is 16.1 Å². The number of fused-ring (bicyclic) bond motifs is 3. The van der Waals surface area contributed by atoms with E-state index in [4.69, 9.17) is 4.74 Å². The van der Waals surface area contributed by atoms with E-state index in [0.717, 1.165) is 24.8 Å². The maximum absolute atomic E-state index is 13.3. The Kier molecular flexibility index (Phi) is 5.48. The fourth-order valence-electron chi connectivity index (χ4n) is 6.48. The van der Waals surface area contributed by atoms with Gasteiger partial charge in [0.1, 0.15) is 6.61 Å². The fraction of sp³-hybridized carbons (Fsp3) is 0.593. The summed E-state index contributed by atoms with van der Waals surface area (Å²) >= 11 is 0. The molecule has 156 valence electrons. The molecule has 0 aliphatic heterocycles. The van der Waals surface area contributed by atoms with Gasteiger partial charge in [-0.2, -0.15) is 0 Å². The zero-order valence-electron chi connectivity index (χ0n) is 18.5. The minimum absolute atomic E-state index is 0.00310. The quantitative estimate of drug-likeness (QED) is 0.523. The van der Waals surface area contributed by atoms with Crippen molar-refractivity contribution in [1.82, 2.24) is 0 Å². The highest BCUT2D eigenvalue weighted by atomic mass is 16.5. The first-order valence-electron chi connectivity index (χ1n) is 11.5. The predicted octanol–water partition coefficient (Wildman–Crippen LogP) is 6.87. The molecule has 1 fully saturated rings. The maximum atomic E-state index is 13.3. The Labute approximate surface area is 176 Å². The van der Waals surface area contributed by atoms with Crippen molar-refractivity contribution in [3.05, 3.63) is 59.2 Å². The van der Waals surface area contributed by atoms with E-state index in [9.17, 15) is 4.79 Å². The number of esters is 1. The largest absolute Gasteiger partial charge is 0.460 e. The van der Waals surface area contributed by atoms with Crippen LogP contribution in [0, 0.1) is 28.6 Å². The van der Waals surface area contributed by atoms with E-state index >= 15 is 0 Å². The molecule has 2 nitrogen and oxygen atoms in total. The van der Waals surface area contributed by atoms with E-state index in [1.807, 2.05) is 30.3 Å².